The number of carbonyl (C=O) groups is 1. The number of hydrogen-bond acceptors (Lipinski definition) is 4. The van der Waals surface area contributed by atoms with Crippen LogP contribution in [0.4, 0.5) is 5.82 Å². The SMILES string of the molecule is Cc1cnn(C2CCCC2)c1NC(=O)CN(C)Cc1ccncc1. The van der Waals surface area contributed by atoms with Gasteiger partial charge in [0.25, 0.3) is 0 Å². The quantitative estimate of drug-likeness (QED) is 0.886. The average molecular weight is 327 g/mol. The maximum absolute atomic E-state index is 12.4. The van der Waals surface area contributed by atoms with Crippen LogP contribution in [0, 0.1) is 6.92 Å². The molecule has 1 aliphatic rings. The third-order valence-corrected chi connectivity index (χ3v) is 4.52. The van der Waals surface area contributed by atoms with E-state index in [0.717, 1.165) is 36.3 Å². The van der Waals surface area contributed by atoms with E-state index in [2.05, 4.69) is 15.4 Å². The summed E-state index contributed by atoms with van der Waals surface area (Å²) in [5.74, 6) is 0.846. The van der Waals surface area contributed by atoms with Crippen molar-refractivity contribution in [2.45, 2.75) is 45.2 Å². The summed E-state index contributed by atoms with van der Waals surface area (Å²) in [5.41, 5.74) is 2.17. The van der Waals surface area contributed by atoms with Crippen LogP contribution >= 0.6 is 0 Å². The minimum Gasteiger partial charge on any atom is -0.310 e. The lowest BCUT2D eigenvalue weighted by Crippen LogP contribution is -2.31. The molecule has 0 atom stereocenters. The summed E-state index contributed by atoms with van der Waals surface area (Å²) in [7, 11) is 1.95. The minimum atomic E-state index is -0.00518. The molecule has 0 aliphatic heterocycles. The molecule has 2 aromatic heterocycles. The lowest BCUT2D eigenvalue weighted by molar-refractivity contribution is -0.117. The van der Waals surface area contributed by atoms with Crippen molar-refractivity contribution in [3.8, 4) is 0 Å². The summed E-state index contributed by atoms with van der Waals surface area (Å²) in [4.78, 5) is 18.4. The van der Waals surface area contributed by atoms with Gasteiger partial charge in [0.15, 0.2) is 0 Å². The largest absolute Gasteiger partial charge is 0.310 e. The third-order valence-electron chi connectivity index (χ3n) is 4.52. The van der Waals surface area contributed by atoms with Crippen molar-refractivity contribution in [2.75, 3.05) is 18.9 Å². The highest BCUT2D eigenvalue weighted by atomic mass is 16.2. The van der Waals surface area contributed by atoms with Gasteiger partial charge in [-0.2, -0.15) is 5.10 Å². The predicted molar refractivity (Wildman–Crippen MR) is 93.7 cm³/mol. The molecule has 1 saturated carbocycles. The van der Waals surface area contributed by atoms with Gasteiger partial charge in [-0.3, -0.25) is 14.7 Å². The van der Waals surface area contributed by atoms with E-state index in [1.807, 2.05) is 41.9 Å². The zero-order valence-electron chi connectivity index (χ0n) is 14.4. The number of nitrogens with zero attached hydrogens (tertiary/aromatic N) is 4. The second kappa shape index (κ2) is 7.57. The fraction of sp³-hybridized carbons (Fsp3) is 0.500. The monoisotopic (exact) mass is 327 g/mol. The number of carbonyl (C=O) groups excluding carboxylic acids is 1. The van der Waals surface area contributed by atoms with Crippen LogP contribution in [0.25, 0.3) is 0 Å². The highest BCUT2D eigenvalue weighted by molar-refractivity contribution is 5.92. The van der Waals surface area contributed by atoms with Crippen LogP contribution in [0.15, 0.2) is 30.7 Å². The van der Waals surface area contributed by atoms with Gasteiger partial charge in [0.05, 0.1) is 18.8 Å². The first-order valence-electron chi connectivity index (χ1n) is 8.55. The topological polar surface area (TPSA) is 63.1 Å². The molecule has 1 fully saturated rings. The highest BCUT2D eigenvalue weighted by Crippen LogP contribution is 2.32. The number of nitrogens with one attached hydrogen (secondary N) is 1. The molecule has 0 unspecified atom stereocenters. The molecule has 0 bridgehead atoms. The summed E-state index contributed by atoms with van der Waals surface area (Å²) in [5, 5.41) is 7.54. The first-order chi connectivity index (χ1) is 11.6. The molecule has 0 saturated heterocycles. The average Bonchev–Trinajstić information content (AvgIpc) is 3.19. The molecule has 0 spiro atoms. The van der Waals surface area contributed by atoms with E-state index in [-0.39, 0.29) is 5.91 Å². The van der Waals surface area contributed by atoms with Crippen LogP contribution in [0.5, 0.6) is 0 Å². The van der Waals surface area contributed by atoms with Crippen molar-refractivity contribution < 1.29 is 4.79 Å². The van der Waals surface area contributed by atoms with E-state index >= 15 is 0 Å². The van der Waals surface area contributed by atoms with Crippen molar-refractivity contribution in [3.05, 3.63) is 41.9 Å². The summed E-state index contributed by atoms with van der Waals surface area (Å²) in [6.07, 6.45) is 10.2. The van der Waals surface area contributed by atoms with Gasteiger partial charge in [0.1, 0.15) is 5.82 Å². The highest BCUT2D eigenvalue weighted by Gasteiger charge is 2.22. The molecule has 0 radical (unpaired) electrons. The smallest absolute Gasteiger partial charge is 0.239 e. The molecular weight excluding hydrogens is 302 g/mol. The molecule has 2 heterocycles. The van der Waals surface area contributed by atoms with Crippen LogP contribution in [0.1, 0.15) is 42.9 Å². The Kier molecular flexibility index (Phi) is 5.25. The van der Waals surface area contributed by atoms with Crippen molar-refractivity contribution in [1.29, 1.82) is 0 Å². The summed E-state index contributed by atoms with van der Waals surface area (Å²) >= 11 is 0. The second-order valence-electron chi connectivity index (χ2n) is 6.63. The van der Waals surface area contributed by atoms with E-state index in [9.17, 15) is 4.79 Å². The molecule has 1 aliphatic carbocycles. The Morgan fingerprint density at radius 1 is 1.33 bits per heavy atom. The Bertz CT molecular complexity index is 676. The summed E-state index contributed by atoms with van der Waals surface area (Å²) < 4.78 is 2.00. The fourth-order valence-corrected chi connectivity index (χ4v) is 3.30. The van der Waals surface area contributed by atoms with Crippen LogP contribution < -0.4 is 5.32 Å². The maximum Gasteiger partial charge on any atom is 0.239 e. The number of pyridine rings is 1. The van der Waals surface area contributed by atoms with E-state index in [4.69, 9.17) is 0 Å². The van der Waals surface area contributed by atoms with Gasteiger partial charge in [-0.1, -0.05) is 12.8 Å². The molecular formula is C18H25N5O. The lowest BCUT2D eigenvalue weighted by Gasteiger charge is -2.18. The molecule has 6 heteroatoms. The first kappa shape index (κ1) is 16.6. The molecule has 6 nitrogen and oxygen atoms in total. The standard InChI is InChI=1S/C18H25N5O/c1-14-11-20-23(16-5-3-4-6-16)18(14)21-17(24)13-22(2)12-15-7-9-19-10-8-15/h7-11,16H,3-6,12-13H2,1-2H3,(H,21,24). The number of anilines is 1. The van der Waals surface area contributed by atoms with Gasteiger partial charge in [-0.05, 0) is 44.5 Å². The van der Waals surface area contributed by atoms with Crippen molar-refractivity contribution in [3.63, 3.8) is 0 Å². The van der Waals surface area contributed by atoms with E-state index in [0.29, 0.717) is 12.6 Å². The van der Waals surface area contributed by atoms with Crippen molar-refractivity contribution in [1.82, 2.24) is 19.7 Å². The van der Waals surface area contributed by atoms with Gasteiger partial charge in [-0.15, -0.1) is 0 Å². The molecule has 1 N–H and O–H groups in total. The Labute approximate surface area is 142 Å². The molecule has 1 amide bonds. The zero-order chi connectivity index (χ0) is 16.9. The number of amides is 1. The fourth-order valence-electron chi connectivity index (χ4n) is 3.30. The Balaban J connectivity index is 1.59. The van der Waals surface area contributed by atoms with Gasteiger partial charge in [0.2, 0.25) is 5.91 Å². The molecule has 0 aromatic carbocycles. The first-order valence-corrected chi connectivity index (χ1v) is 8.55. The normalized spacial score (nSPS) is 15.1. The zero-order valence-corrected chi connectivity index (χ0v) is 14.4. The number of aryl methyl sites for hydroxylation is 1. The van der Waals surface area contributed by atoms with Crippen LogP contribution in [-0.4, -0.2) is 39.2 Å². The molecule has 24 heavy (non-hydrogen) atoms. The third kappa shape index (κ3) is 4.00. The van der Waals surface area contributed by atoms with Crippen LogP contribution in [0.2, 0.25) is 0 Å². The van der Waals surface area contributed by atoms with Crippen molar-refractivity contribution in [2.24, 2.45) is 0 Å². The molecule has 2 aromatic rings. The van der Waals surface area contributed by atoms with E-state index < -0.39 is 0 Å². The van der Waals surface area contributed by atoms with Gasteiger partial charge >= 0.3 is 0 Å². The number of hydrogen-bond donors (Lipinski definition) is 1. The summed E-state index contributed by atoms with van der Waals surface area (Å²) in [6.45, 7) is 3.06. The summed E-state index contributed by atoms with van der Waals surface area (Å²) in [6, 6.07) is 4.35. The van der Waals surface area contributed by atoms with Crippen LogP contribution in [-0.2, 0) is 11.3 Å². The van der Waals surface area contributed by atoms with Gasteiger partial charge < -0.3 is 5.32 Å². The van der Waals surface area contributed by atoms with Crippen molar-refractivity contribution >= 4 is 11.7 Å². The second-order valence-corrected chi connectivity index (χ2v) is 6.63. The lowest BCUT2D eigenvalue weighted by atomic mass is 10.2. The number of rotatable bonds is 6. The maximum atomic E-state index is 12.4. The van der Waals surface area contributed by atoms with Crippen LogP contribution in [0.3, 0.4) is 0 Å². The Morgan fingerprint density at radius 2 is 2.04 bits per heavy atom. The van der Waals surface area contributed by atoms with Gasteiger partial charge in [0, 0.05) is 24.5 Å². The van der Waals surface area contributed by atoms with E-state index in [1.165, 1.54) is 12.8 Å². The molecule has 3 rings (SSSR count). The number of likely N-dealkylation sites (N-methyl/N-ethyl adjacent to an activating group) is 1. The minimum absolute atomic E-state index is 0.00518. The van der Waals surface area contributed by atoms with Gasteiger partial charge in [-0.25, -0.2) is 4.68 Å². The van der Waals surface area contributed by atoms with E-state index in [1.54, 1.807) is 12.4 Å². The number of aromatic nitrogens is 3. The predicted octanol–water partition coefficient (Wildman–Crippen LogP) is 2.77. The molecule has 128 valence electrons. The Morgan fingerprint density at radius 3 is 2.75 bits per heavy atom. The Hall–Kier alpha value is -2.21.